The van der Waals surface area contributed by atoms with Crippen LogP contribution in [-0.4, -0.2) is 28.3 Å². The molecule has 6 heteroatoms. The molecule has 0 aliphatic rings. The summed E-state index contributed by atoms with van der Waals surface area (Å²) in [5, 5.41) is 11.3. The van der Waals surface area contributed by atoms with Gasteiger partial charge >= 0.3 is 6.18 Å². The quantitative estimate of drug-likeness (QED) is 0.514. The third-order valence-corrected chi connectivity index (χ3v) is 5.44. The van der Waals surface area contributed by atoms with Crippen molar-refractivity contribution < 1.29 is 23.0 Å². The lowest BCUT2D eigenvalue weighted by Crippen LogP contribution is -2.46. The number of alkyl halides is 3. The van der Waals surface area contributed by atoms with Crippen molar-refractivity contribution in [2.75, 3.05) is 0 Å². The van der Waals surface area contributed by atoms with Gasteiger partial charge in [-0.2, -0.15) is 13.2 Å². The van der Waals surface area contributed by atoms with Gasteiger partial charge in [0.05, 0.1) is 5.56 Å². The van der Waals surface area contributed by atoms with E-state index in [0.29, 0.717) is 23.4 Å². The van der Waals surface area contributed by atoms with Gasteiger partial charge in [-0.3, -0.25) is 4.90 Å². The normalized spacial score (nSPS) is 15.5. The zero-order chi connectivity index (χ0) is 22.7. The summed E-state index contributed by atoms with van der Waals surface area (Å²) in [4.78, 5) is 2.22. The molecule has 0 radical (unpaired) electrons. The van der Waals surface area contributed by atoms with E-state index < -0.39 is 17.3 Å². The van der Waals surface area contributed by atoms with Gasteiger partial charge in [-0.15, -0.1) is 0 Å². The average Bonchev–Trinajstić information content (AvgIpc) is 2.66. The molecule has 0 saturated carbocycles. The number of halogens is 3. The predicted molar refractivity (Wildman–Crippen MR) is 113 cm³/mol. The highest BCUT2D eigenvalue weighted by atomic mass is 19.4. The first-order valence-corrected chi connectivity index (χ1v) is 10.4. The molecule has 2 unspecified atom stereocenters. The first-order valence-electron chi connectivity index (χ1n) is 10.4. The van der Waals surface area contributed by atoms with Crippen LogP contribution in [0.1, 0.15) is 64.7 Å². The van der Waals surface area contributed by atoms with Crippen LogP contribution in [0.15, 0.2) is 48.5 Å². The smallest absolute Gasteiger partial charge is 0.416 e. The van der Waals surface area contributed by atoms with E-state index >= 15 is 0 Å². The van der Waals surface area contributed by atoms with Crippen LogP contribution in [-0.2, 0) is 11.8 Å². The number of benzene rings is 2. The first-order chi connectivity index (χ1) is 13.9. The summed E-state index contributed by atoms with van der Waals surface area (Å²) in [6, 6.07) is 12.4. The van der Waals surface area contributed by atoms with Crippen LogP contribution in [0, 0.1) is 0 Å². The molecule has 1 N–H and O–H groups in total. The van der Waals surface area contributed by atoms with Gasteiger partial charge in [-0.1, -0.05) is 37.3 Å². The number of hydrogen-bond donors (Lipinski definition) is 1. The molecule has 0 bridgehead atoms. The Morgan fingerprint density at radius 2 is 1.37 bits per heavy atom. The van der Waals surface area contributed by atoms with E-state index in [1.165, 1.54) is 18.2 Å². The molecule has 2 rings (SSSR count). The minimum Gasteiger partial charge on any atom is -0.475 e. The molecule has 0 heterocycles. The Labute approximate surface area is 177 Å². The molecular weight excluding hydrogens is 391 g/mol. The molecule has 3 nitrogen and oxygen atoms in total. The van der Waals surface area contributed by atoms with E-state index in [4.69, 9.17) is 4.74 Å². The maximum Gasteiger partial charge on any atom is 0.416 e. The van der Waals surface area contributed by atoms with Crippen molar-refractivity contribution in [3.63, 3.8) is 0 Å². The molecule has 0 aliphatic carbocycles. The van der Waals surface area contributed by atoms with Crippen molar-refractivity contribution in [3.8, 4) is 5.75 Å². The maximum absolute atomic E-state index is 13.5. The highest BCUT2D eigenvalue weighted by Gasteiger charge is 2.40. The van der Waals surface area contributed by atoms with E-state index in [1.807, 2.05) is 6.92 Å². The Kier molecular flexibility index (Phi) is 7.59. The Bertz CT molecular complexity index is 810. The van der Waals surface area contributed by atoms with Gasteiger partial charge in [0, 0.05) is 17.6 Å². The molecule has 0 fully saturated rings. The highest BCUT2D eigenvalue weighted by Crippen LogP contribution is 2.41. The summed E-state index contributed by atoms with van der Waals surface area (Å²) >= 11 is 0. The van der Waals surface area contributed by atoms with Gasteiger partial charge in [0.2, 0.25) is 0 Å². The second-order valence-electron chi connectivity index (χ2n) is 8.13. The van der Waals surface area contributed by atoms with Gasteiger partial charge in [-0.25, -0.2) is 0 Å². The molecule has 30 heavy (non-hydrogen) atoms. The third-order valence-electron chi connectivity index (χ3n) is 5.44. The van der Waals surface area contributed by atoms with E-state index in [0.717, 1.165) is 6.07 Å². The SMILES string of the molecule is CCC(O)(c1ccc(OC(C)N(C(C)C)C(C)C)cc1)c1ccccc1C(F)(F)F. The number of rotatable bonds is 8. The van der Waals surface area contributed by atoms with Gasteiger partial charge < -0.3 is 9.84 Å². The Balaban J connectivity index is 2.35. The van der Waals surface area contributed by atoms with Crippen molar-refractivity contribution in [2.45, 2.75) is 78.1 Å². The van der Waals surface area contributed by atoms with Crippen LogP contribution in [0.5, 0.6) is 5.75 Å². The van der Waals surface area contributed by atoms with E-state index in [2.05, 4.69) is 32.6 Å². The molecule has 0 aliphatic heterocycles. The summed E-state index contributed by atoms with van der Waals surface area (Å²) in [5.41, 5.74) is -2.33. The van der Waals surface area contributed by atoms with E-state index in [-0.39, 0.29) is 18.2 Å². The summed E-state index contributed by atoms with van der Waals surface area (Å²) in [7, 11) is 0. The molecule has 2 aromatic carbocycles. The van der Waals surface area contributed by atoms with Gasteiger partial charge in [0.25, 0.3) is 0 Å². The summed E-state index contributed by atoms with van der Waals surface area (Å²) in [6.45, 7) is 12.0. The maximum atomic E-state index is 13.5. The number of aliphatic hydroxyl groups is 1. The molecule has 2 atom stereocenters. The summed E-state index contributed by atoms with van der Waals surface area (Å²) in [6.07, 6.45) is -4.62. The fourth-order valence-electron chi connectivity index (χ4n) is 4.14. The number of hydrogen-bond acceptors (Lipinski definition) is 3. The van der Waals surface area contributed by atoms with Crippen LogP contribution in [0.4, 0.5) is 13.2 Å². The molecule has 0 aromatic heterocycles. The highest BCUT2D eigenvalue weighted by molar-refractivity contribution is 5.43. The van der Waals surface area contributed by atoms with Crippen LogP contribution in [0.25, 0.3) is 0 Å². The first kappa shape index (κ1) is 24.2. The molecule has 0 amide bonds. The minimum absolute atomic E-state index is 0.102. The van der Waals surface area contributed by atoms with Gasteiger partial charge in [0.1, 0.15) is 17.6 Å². The van der Waals surface area contributed by atoms with E-state index in [1.54, 1.807) is 31.2 Å². The van der Waals surface area contributed by atoms with Gasteiger partial charge in [0.15, 0.2) is 0 Å². The van der Waals surface area contributed by atoms with Crippen LogP contribution in [0.3, 0.4) is 0 Å². The fraction of sp³-hybridized carbons (Fsp3) is 0.500. The van der Waals surface area contributed by atoms with Gasteiger partial charge in [-0.05, 0) is 64.8 Å². The van der Waals surface area contributed by atoms with Crippen LogP contribution in [0.2, 0.25) is 0 Å². The lowest BCUT2D eigenvalue weighted by Gasteiger charge is -2.36. The summed E-state index contributed by atoms with van der Waals surface area (Å²) < 4.78 is 46.6. The molecule has 166 valence electrons. The van der Waals surface area contributed by atoms with Crippen molar-refractivity contribution in [3.05, 3.63) is 65.2 Å². The Hall–Kier alpha value is -2.05. The lowest BCUT2D eigenvalue weighted by molar-refractivity contribution is -0.140. The topological polar surface area (TPSA) is 32.7 Å². The standard InChI is InChI=1S/C24H32F3NO2/c1-7-23(29,21-10-8-9-11-22(21)24(25,26)27)19-12-14-20(15-13-19)30-18(6)28(16(2)3)17(4)5/h8-18,29H,7H2,1-6H3. The zero-order valence-electron chi connectivity index (χ0n) is 18.5. The zero-order valence-corrected chi connectivity index (χ0v) is 18.5. The third kappa shape index (κ3) is 5.16. The average molecular weight is 424 g/mol. The van der Waals surface area contributed by atoms with Crippen molar-refractivity contribution in [2.24, 2.45) is 0 Å². The molecule has 0 saturated heterocycles. The fourth-order valence-corrected chi connectivity index (χ4v) is 4.14. The minimum atomic E-state index is -4.55. The number of ether oxygens (including phenoxy) is 1. The second-order valence-corrected chi connectivity index (χ2v) is 8.13. The molecular formula is C24H32F3NO2. The van der Waals surface area contributed by atoms with Crippen LogP contribution >= 0.6 is 0 Å². The van der Waals surface area contributed by atoms with E-state index in [9.17, 15) is 18.3 Å². The predicted octanol–water partition coefficient (Wildman–Crippen LogP) is 6.19. The molecule has 2 aromatic rings. The second kappa shape index (κ2) is 9.40. The lowest BCUT2D eigenvalue weighted by atomic mass is 9.81. The monoisotopic (exact) mass is 423 g/mol. The Morgan fingerprint density at radius 1 is 0.867 bits per heavy atom. The summed E-state index contributed by atoms with van der Waals surface area (Å²) in [5.74, 6) is 0.597. The van der Waals surface area contributed by atoms with Crippen LogP contribution < -0.4 is 4.74 Å². The Morgan fingerprint density at radius 3 is 1.80 bits per heavy atom. The van der Waals surface area contributed by atoms with Crippen molar-refractivity contribution in [1.29, 1.82) is 0 Å². The largest absolute Gasteiger partial charge is 0.475 e. The number of nitrogens with zero attached hydrogens (tertiary/aromatic N) is 1. The van der Waals surface area contributed by atoms with Crippen molar-refractivity contribution >= 4 is 0 Å². The van der Waals surface area contributed by atoms with Crippen molar-refractivity contribution in [1.82, 2.24) is 4.90 Å². The molecule has 0 spiro atoms.